The smallest absolute Gasteiger partial charge is 0.355 e. The average Bonchev–Trinajstić information content (AvgIpc) is 2.78. The molecule has 0 atom stereocenters. The number of aromatic nitrogens is 3. The number of pyridine rings is 1. The molecular formula is C22H17BrN4O4. The van der Waals surface area contributed by atoms with E-state index in [9.17, 15) is 9.90 Å². The van der Waals surface area contributed by atoms with E-state index in [1.807, 2.05) is 24.3 Å². The van der Waals surface area contributed by atoms with E-state index in [4.69, 9.17) is 9.84 Å². The molecule has 2 aromatic carbocycles. The molecule has 2 heterocycles. The molecule has 156 valence electrons. The van der Waals surface area contributed by atoms with Crippen LogP contribution < -0.4 is 10.1 Å². The van der Waals surface area contributed by atoms with Crippen molar-refractivity contribution < 1.29 is 19.7 Å². The third-order valence-corrected chi connectivity index (χ3v) is 5.10. The number of rotatable bonds is 7. The molecule has 31 heavy (non-hydrogen) atoms. The van der Waals surface area contributed by atoms with Crippen LogP contribution >= 0.6 is 15.9 Å². The van der Waals surface area contributed by atoms with E-state index >= 15 is 0 Å². The van der Waals surface area contributed by atoms with Gasteiger partial charge in [-0.25, -0.2) is 14.8 Å². The van der Waals surface area contributed by atoms with Crippen molar-refractivity contribution in [1.82, 2.24) is 15.0 Å². The van der Waals surface area contributed by atoms with Crippen LogP contribution in [0, 0.1) is 0 Å². The minimum Gasteiger partial charge on any atom is -0.491 e. The molecule has 0 radical (unpaired) electrons. The third-order valence-electron chi connectivity index (χ3n) is 4.41. The van der Waals surface area contributed by atoms with Gasteiger partial charge in [-0.15, -0.1) is 0 Å². The largest absolute Gasteiger partial charge is 0.491 e. The molecule has 0 saturated heterocycles. The Morgan fingerprint density at radius 3 is 2.55 bits per heavy atom. The number of halogens is 1. The topological polar surface area (TPSA) is 117 Å². The number of aromatic carboxylic acids is 1. The van der Waals surface area contributed by atoms with Gasteiger partial charge in [-0.2, -0.15) is 4.98 Å². The number of carbonyl (C=O) groups is 1. The Hall–Kier alpha value is -3.56. The Kier molecular flexibility index (Phi) is 6.06. The highest BCUT2D eigenvalue weighted by Crippen LogP contribution is 2.32. The van der Waals surface area contributed by atoms with Crippen LogP contribution in [0.3, 0.4) is 0 Å². The van der Waals surface area contributed by atoms with E-state index in [1.165, 1.54) is 0 Å². The summed E-state index contributed by atoms with van der Waals surface area (Å²) in [7, 11) is 0. The highest BCUT2D eigenvalue weighted by atomic mass is 79.9. The van der Waals surface area contributed by atoms with E-state index in [0.717, 1.165) is 15.7 Å². The maximum Gasteiger partial charge on any atom is 0.355 e. The van der Waals surface area contributed by atoms with Crippen molar-refractivity contribution in [3.63, 3.8) is 0 Å². The number of anilines is 2. The normalized spacial score (nSPS) is 10.8. The Morgan fingerprint density at radius 1 is 1.06 bits per heavy atom. The molecule has 2 aromatic heterocycles. The lowest BCUT2D eigenvalue weighted by Crippen LogP contribution is -2.06. The molecule has 0 aliphatic heterocycles. The van der Waals surface area contributed by atoms with E-state index < -0.39 is 5.97 Å². The molecule has 4 rings (SSSR count). The summed E-state index contributed by atoms with van der Waals surface area (Å²) in [6.45, 7) is 0.166. The molecule has 0 saturated carbocycles. The first kappa shape index (κ1) is 20.7. The van der Waals surface area contributed by atoms with Gasteiger partial charge < -0.3 is 20.3 Å². The highest BCUT2D eigenvalue weighted by Gasteiger charge is 2.18. The van der Waals surface area contributed by atoms with Gasteiger partial charge in [-0.1, -0.05) is 34.1 Å². The Bertz CT molecular complexity index is 1250. The van der Waals surface area contributed by atoms with Crippen LogP contribution in [0.5, 0.6) is 5.75 Å². The van der Waals surface area contributed by atoms with E-state index in [1.54, 1.807) is 36.5 Å². The molecule has 3 N–H and O–H groups in total. The average molecular weight is 481 g/mol. The molecule has 0 unspecified atom stereocenters. The number of carboxylic acid groups (broad SMARTS) is 1. The van der Waals surface area contributed by atoms with E-state index in [2.05, 4.69) is 36.2 Å². The molecule has 0 fully saturated rings. The first-order valence-electron chi connectivity index (χ1n) is 9.32. The van der Waals surface area contributed by atoms with E-state index in [0.29, 0.717) is 16.7 Å². The first-order valence-corrected chi connectivity index (χ1v) is 10.1. The third kappa shape index (κ3) is 4.62. The predicted molar refractivity (Wildman–Crippen MR) is 120 cm³/mol. The summed E-state index contributed by atoms with van der Waals surface area (Å²) >= 11 is 3.46. The number of ether oxygens (including phenoxy) is 1. The summed E-state index contributed by atoms with van der Waals surface area (Å²) in [6.07, 6.45) is 1.60. The summed E-state index contributed by atoms with van der Waals surface area (Å²) in [5.74, 6) is -0.223. The summed E-state index contributed by atoms with van der Waals surface area (Å²) in [4.78, 5) is 24.8. The van der Waals surface area contributed by atoms with Crippen molar-refractivity contribution >= 4 is 44.6 Å². The fourth-order valence-electron chi connectivity index (χ4n) is 3.00. The minimum absolute atomic E-state index is 0.0563. The molecule has 0 bridgehead atoms. The summed E-state index contributed by atoms with van der Waals surface area (Å²) in [5, 5.41) is 22.2. The number of hydrogen-bond donors (Lipinski definition) is 3. The quantitative estimate of drug-likeness (QED) is 0.358. The fourth-order valence-corrected chi connectivity index (χ4v) is 3.50. The monoisotopic (exact) mass is 480 g/mol. The second kappa shape index (κ2) is 9.07. The van der Waals surface area contributed by atoms with Crippen LogP contribution in [0.1, 0.15) is 10.5 Å². The Morgan fingerprint density at radius 2 is 1.84 bits per heavy atom. The molecule has 0 aliphatic carbocycles. The van der Waals surface area contributed by atoms with Crippen molar-refractivity contribution in [1.29, 1.82) is 0 Å². The van der Waals surface area contributed by atoms with Crippen LogP contribution in [0.25, 0.3) is 22.2 Å². The van der Waals surface area contributed by atoms with Crippen LogP contribution in [0.15, 0.2) is 65.3 Å². The molecule has 8 nitrogen and oxygen atoms in total. The summed E-state index contributed by atoms with van der Waals surface area (Å²) in [5.41, 5.74) is 2.11. The van der Waals surface area contributed by atoms with Crippen molar-refractivity contribution in [2.45, 2.75) is 0 Å². The van der Waals surface area contributed by atoms with Crippen molar-refractivity contribution in [2.75, 3.05) is 18.5 Å². The van der Waals surface area contributed by atoms with Crippen LogP contribution in [-0.2, 0) is 0 Å². The molecule has 0 spiro atoms. The second-order valence-electron chi connectivity index (χ2n) is 6.50. The molecule has 0 aliphatic rings. The van der Waals surface area contributed by atoms with Crippen molar-refractivity contribution in [3.8, 4) is 16.9 Å². The van der Waals surface area contributed by atoms with Gasteiger partial charge in [0.2, 0.25) is 5.95 Å². The lowest BCUT2D eigenvalue weighted by molar-refractivity contribution is 0.0692. The van der Waals surface area contributed by atoms with Gasteiger partial charge in [0.25, 0.3) is 0 Å². The van der Waals surface area contributed by atoms with Crippen molar-refractivity contribution in [3.05, 3.63) is 71.0 Å². The van der Waals surface area contributed by atoms with Crippen LogP contribution in [0.2, 0.25) is 0 Å². The maximum absolute atomic E-state index is 11.9. The number of nitrogens with one attached hydrogen (secondary N) is 1. The molecular weight excluding hydrogens is 464 g/mol. The zero-order valence-corrected chi connectivity index (χ0v) is 17.7. The zero-order chi connectivity index (χ0) is 21.8. The molecule has 9 heteroatoms. The first-order chi connectivity index (χ1) is 15.0. The number of hydrogen-bond acceptors (Lipinski definition) is 7. The fraction of sp³-hybridized carbons (Fsp3) is 0.0909. The lowest BCUT2D eigenvalue weighted by Gasteiger charge is -2.11. The van der Waals surface area contributed by atoms with Crippen LogP contribution in [-0.4, -0.2) is 44.3 Å². The summed E-state index contributed by atoms with van der Waals surface area (Å²) in [6, 6.07) is 16.2. The summed E-state index contributed by atoms with van der Waals surface area (Å²) < 4.78 is 6.10. The number of nitrogens with zero attached hydrogens (tertiary/aromatic N) is 3. The Balaban J connectivity index is 1.67. The van der Waals surface area contributed by atoms with Gasteiger partial charge in [-0.05, 0) is 42.0 Å². The Labute approximate surface area is 185 Å². The van der Waals surface area contributed by atoms with E-state index in [-0.39, 0.29) is 30.5 Å². The second-order valence-corrected chi connectivity index (χ2v) is 7.35. The number of aliphatic hydroxyl groups excluding tert-OH is 1. The number of carboxylic acids is 1. The SMILES string of the molecule is O=C(O)c1nc2nc(Nc3ccc(OCCO)cc3)ncc2cc1-c1ccccc1Br. The standard InChI is InChI=1S/C22H17BrN4O4/c23-18-4-2-1-3-16(18)17-11-13-12-24-22(27-20(13)26-19(17)21(29)30)25-14-5-7-15(8-6-14)31-10-9-28/h1-8,11-12,28H,9-10H2,(H,29,30)(H,24,25,26,27). The van der Waals surface area contributed by atoms with Crippen LogP contribution in [0.4, 0.5) is 11.6 Å². The van der Waals surface area contributed by atoms with Crippen molar-refractivity contribution in [2.24, 2.45) is 0 Å². The van der Waals surface area contributed by atoms with Gasteiger partial charge in [0.1, 0.15) is 12.4 Å². The van der Waals surface area contributed by atoms with Gasteiger partial charge in [0.15, 0.2) is 11.3 Å². The number of fused-ring (bicyclic) bond motifs is 1. The zero-order valence-electron chi connectivity index (χ0n) is 16.1. The van der Waals surface area contributed by atoms with Gasteiger partial charge in [0.05, 0.1) is 6.61 Å². The molecule has 0 amide bonds. The predicted octanol–water partition coefficient (Wildman–Crippen LogP) is 4.27. The maximum atomic E-state index is 11.9. The van der Waals surface area contributed by atoms with Gasteiger partial charge in [0, 0.05) is 27.3 Å². The van der Waals surface area contributed by atoms with Gasteiger partial charge in [-0.3, -0.25) is 0 Å². The number of benzene rings is 2. The lowest BCUT2D eigenvalue weighted by atomic mass is 10.0. The number of aliphatic hydroxyl groups is 1. The minimum atomic E-state index is -1.14. The highest BCUT2D eigenvalue weighted by molar-refractivity contribution is 9.10. The molecule has 4 aromatic rings. The van der Waals surface area contributed by atoms with Gasteiger partial charge >= 0.3 is 5.97 Å².